The molecule has 2 aromatic carbocycles. The molecule has 19 heavy (non-hydrogen) atoms. The van der Waals surface area contributed by atoms with Crippen LogP contribution in [0.1, 0.15) is 18.1 Å². The number of nitrogens with zero attached hydrogens (tertiary/aromatic N) is 1. The summed E-state index contributed by atoms with van der Waals surface area (Å²) < 4.78 is 5.71. The highest BCUT2D eigenvalue weighted by Gasteiger charge is 2.09. The summed E-state index contributed by atoms with van der Waals surface area (Å²) in [6.45, 7) is 5.69. The molecular formula is C17H21NO. The van der Waals surface area contributed by atoms with Crippen LogP contribution >= 0.6 is 0 Å². The zero-order valence-electron chi connectivity index (χ0n) is 11.9. The van der Waals surface area contributed by atoms with Crippen molar-refractivity contribution in [3.8, 4) is 5.75 Å². The van der Waals surface area contributed by atoms with Crippen LogP contribution in [0.3, 0.4) is 0 Å². The summed E-state index contributed by atoms with van der Waals surface area (Å²) in [6.07, 6.45) is 0. The molecule has 0 amide bonds. The number of hydrogen-bond acceptors (Lipinski definition) is 2. The third kappa shape index (κ3) is 3.50. The average molecular weight is 255 g/mol. The quantitative estimate of drug-likeness (QED) is 0.799. The topological polar surface area (TPSA) is 12.5 Å². The monoisotopic (exact) mass is 255 g/mol. The van der Waals surface area contributed by atoms with Crippen LogP contribution in [0.25, 0.3) is 0 Å². The fraction of sp³-hybridized carbons (Fsp3) is 0.294. The molecule has 0 N–H and O–H groups in total. The highest BCUT2D eigenvalue weighted by Crippen LogP contribution is 2.29. The van der Waals surface area contributed by atoms with Gasteiger partial charge in [0.25, 0.3) is 0 Å². The number of anilines is 1. The first-order chi connectivity index (χ1) is 9.20. The van der Waals surface area contributed by atoms with Gasteiger partial charge in [-0.25, -0.2) is 0 Å². The minimum absolute atomic E-state index is 0.690. The van der Waals surface area contributed by atoms with E-state index in [0.29, 0.717) is 6.61 Å². The van der Waals surface area contributed by atoms with Gasteiger partial charge in [-0.1, -0.05) is 36.4 Å². The molecule has 2 nitrogen and oxygen atoms in total. The molecule has 0 radical (unpaired) electrons. The molecule has 0 aliphatic rings. The molecular weight excluding hydrogens is 234 g/mol. The molecule has 100 valence electrons. The number of rotatable bonds is 5. The van der Waals surface area contributed by atoms with Crippen LogP contribution in [0.4, 0.5) is 5.69 Å². The lowest BCUT2D eigenvalue weighted by Gasteiger charge is -2.23. The van der Waals surface area contributed by atoms with E-state index in [4.69, 9.17) is 4.74 Å². The standard InChI is InChI=1S/C17H21NO/c1-4-19-17-11-10-14(2)12-16(17)18(3)13-15-8-6-5-7-9-15/h5-12H,4,13H2,1-3H3. The summed E-state index contributed by atoms with van der Waals surface area (Å²) in [4.78, 5) is 2.23. The predicted octanol–water partition coefficient (Wildman–Crippen LogP) is 4.03. The van der Waals surface area contributed by atoms with Gasteiger partial charge in [0.2, 0.25) is 0 Å². The fourth-order valence-corrected chi connectivity index (χ4v) is 2.15. The Kier molecular flexibility index (Phi) is 4.45. The van der Waals surface area contributed by atoms with E-state index in [1.807, 2.05) is 13.0 Å². The smallest absolute Gasteiger partial charge is 0.142 e. The minimum Gasteiger partial charge on any atom is -0.492 e. The van der Waals surface area contributed by atoms with Crippen LogP contribution in [0.5, 0.6) is 5.75 Å². The van der Waals surface area contributed by atoms with Gasteiger partial charge in [0.05, 0.1) is 12.3 Å². The maximum Gasteiger partial charge on any atom is 0.142 e. The first-order valence-corrected chi connectivity index (χ1v) is 6.69. The van der Waals surface area contributed by atoms with Crippen molar-refractivity contribution in [3.63, 3.8) is 0 Å². The Labute approximate surface area is 115 Å². The lowest BCUT2D eigenvalue weighted by atomic mass is 10.1. The van der Waals surface area contributed by atoms with Crippen molar-refractivity contribution >= 4 is 5.69 Å². The van der Waals surface area contributed by atoms with Gasteiger partial charge in [0, 0.05) is 13.6 Å². The molecule has 0 unspecified atom stereocenters. The van der Waals surface area contributed by atoms with Gasteiger partial charge in [0.15, 0.2) is 0 Å². The molecule has 0 saturated heterocycles. The Morgan fingerprint density at radius 1 is 1.05 bits per heavy atom. The summed E-state index contributed by atoms with van der Waals surface area (Å²) >= 11 is 0. The van der Waals surface area contributed by atoms with E-state index in [9.17, 15) is 0 Å². The normalized spacial score (nSPS) is 10.3. The molecule has 2 aromatic rings. The average Bonchev–Trinajstić information content (AvgIpc) is 2.42. The maximum atomic E-state index is 5.71. The molecule has 0 atom stereocenters. The van der Waals surface area contributed by atoms with Crippen molar-refractivity contribution in [2.75, 3.05) is 18.6 Å². The van der Waals surface area contributed by atoms with Gasteiger partial charge in [0.1, 0.15) is 5.75 Å². The lowest BCUT2D eigenvalue weighted by Crippen LogP contribution is -2.17. The second kappa shape index (κ2) is 6.28. The van der Waals surface area contributed by atoms with Crippen molar-refractivity contribution in [1.82, 2.24) is 0 Å². The van der Waals surface area contributed by atoms with Crippen LogP contribution in [0.2, 0.25) is 0 Å². The SMILES string of the molecule is CCOc1ccc(C)cc1N(C)Cc1ccccc1. The van der Waals surface area contributed by atoms with E-state index in [2.05, 4.69) is 61.3 Å². The molecule has 0 heterocycles. The predicted molar refractivity (Wildman–Crippen MR) is 80.9 cm³/mol. The highest BCUT2D eigenvalue weighted by atomic mass is 16.5. The third-order valence-corrected chi connectivity index (χ3v) is 3.09. The summed E-state index contributed by atoms with van der Waals surface area (Å²) in [6, 6.07) is 16.8. The molecule has 0 bridgehead atoms. The summed E-state index contributed by atoms with van der Waals surface area (Å²) in [5.74, 6) is 0.950. The van der Waals surface area contributed by atoms with Crippen LogP contribution in [0, 0.1) is 6.92 Å². The molecule has 0 saturated carbocycles. The Bertz CT molecular complexity index is 522. The molecule has 0 spiro atoms. The zero-order valence-corrected chi connectivity index (χ0v) is 11.9. The van der Waals surface area contributed by atoms with Crippen molar-refractivity contribution in [1.29, 1.82) is 0 Å². The Hall–Kier alpha value is -1.96. The largest absolute Gasteiger partial charge is 0.492 e. The van der Waals surface area contributed by atoms with Crippen molar-refractivity contribution in [2.24, 2.45) is 0 Å². The maximum absolute atomic E-state index is 5.71. The molecule has 0 aliphatic carbocycles. The van der Waals surface area contributed by atoms with Crippen LogP contribution in [-0.2, 0) is 6.54 Å². The summed E-state index contributed by atoms with van der Waals surface area (Å²) in [5, 5.41) is 0. The molecule has 2 heteroatoms. The number of aryl methyl sites for hydroxylation is 1. The third-order valence-electron chi connectivity index (χ3n) is 3.09. The molecule has 0 aliphatic heterocycles. The summed E-state index contributed by atoms with van der Waals surface area (Å²) in [7, 11) is 2.10. The number of ether oxygens (including phenoxy) is 1. The van der Waals surface area contributed by atoms with Crippen LogP contribution in [-0.4, -0.2) is 13.7 Å². The van der Waals surface area contributed by atoms with Gasteiger partial charge in [-0.15, -0.1) is 0 Å². The van der Waals surface area contributed by atoms with Crippen LogP contribution < -0.4 is 9.64 Å². The fourth-order valence-electron chi connectivity index (χ4n) is 2.15. The lowest BCUT2D eigenvalue weighted by molar-refractivity contribution is 0.340. The Balaban J connectivity index is 2.22. The van der Waals surface area contributed by atoms with Crippen molar-refractivity contribution < 1.29 is 4.74 Å². The Morgan fingerprint density at radius 3 is 2.47 bits per heavy atom. The van der Waals surface area contributed by atoms with Gasteiger partial charge in [-0.2, -0.15) is 0 Å². The Morgan fingerprint density at radius 2 is 1.79 bits per heavy atom. The van der Waals surface area contributed by atoms with E-state index in [1.165, 1.54) is 11.1 Å². The van der Waals surface area contributed by atoms with E-state index >= 15 is 0 Å². The molecule has 2 rings (SSSR count). The first-order valence-electron chi connectivity index (χ1n) is 6.69. The summed E-state index contributed by atoms with van der Waals surface area (Å²) in [5.41, 5.74) is 3.69. The number of benzene rings is 2. The van der Waals surface area contributed by atoms with Gasteiger partial charge >= 0.3 is 0 Å². The van der Waals surface area contributed by atoms with E-state index in [-0.39, 0.29) is 0 Å². The highest BCUT2D eigenvalue weighted by molar-refractivity contribution is 5.59. The van der Waals surface area contributed by atoms with Crippen molar-refractivity contribution in [3.05, 3.63) is 59.7 Å². The van der Waals surface area contributed by atoms with E-state index < -0.39 is 0 Å². The first kappa shape index (κ1) is 13.5. The van der Waals surface area contributed by atoms with Crippen molar-refractivity contribution in [2.45, 2.75) is 20.4 Å². The van der Waals surface area contributed by atoms with Gasteiger partial charge in [-0.05, 0) is 37.1 Å². The zero-order chi connectivity index (χ0) is 13.7. The van der Waals surface area contributed by atoms with E-state index in [0.717, 1.165) is 18.0 Å². The van der Waals surface area contributed by atoms with E-state index in [1.54, 1.807) is 0 Å². The molecule has 0 aromatic heterocycles. The van der Waals surface area contributed by atoms with Gasteiger partial charge < -0.3 is 9.64 Å². The minimum atomic E-state index is 0.690. The second-order valence-electron chi connectivity index (χ2n) is 4.75. The second-order valence-corrected chi connectivity index (χ2v) is 4.75. The molecule has 0 fully saturated rings. The number of hydrogen-bond donors (Lipinski definition) is 0. The van der Waals surface area contributed by atoms with Gasteiger partial charge in [-0.3, -0.25) is 0 Å². The van der Waals surface area contributed by atoms with Crippen LogP contribution in [0.15, 0.2) is 48.5 Å².